The topological polar surface area (TPSA) is 57.2 Å². The average molecular weight is 276 g/mol. The van der Waals surface area contributed by atoms with Crippen LogP contribution in [0.2, 0.25) is 0 Å². The molecular weight excluding hydrogens is 259 g/mol. The number of ether oxygens (including phenoxy) is 1. The van der Waals surface area contributed by atoms with E-state index in [1.54, 1.807) is 12.1 Å². The summed E-state index contributed by atoms with van der Waals surface area (Å²) in [5.74, 6) is -0.751. The van der Waals surface area contributed by atoms with Crippen LogP contribution in [-0.4, -0.2) is 17.1 Å². The number of primary amides is 1. The number of amides is 1. The molecule has 2 aromatic rings. The largest absolute Gasteiger partial charge is 0.368 e. The molecule has 0 bridgehead atoms. The number of hydrogen-bond acceptors (Lipinski definition) is 2. The standard InChI is InChI=1S/C15H17FN2O2/c1-10-7-12(8-20-9-15(17)19)11(2)18(10)14-5-3-13(16)4-6-14/h3-7H,8-9H2,1-2H3,(H2,17,19). The van der Waals surface area contributed by atoms with E-state index in [-0.39, 0.29) is 12.4 Å². The number of halogens is 1. The second kappa shape index (κ2) is 5.88. The lowest BCUT2D eigenvalue weighted by Crippen LogP contribution is -2.17. The number of carbonyl (C=O) groups excluding carboxylic acids is 1. The Morgan fingerprint density at radius 3 is 2.55 bits per heavy atom. The van der Waals surface area contributed by atoms with Crippen LogP contribution in [-0.2, 0) is 16.1 Å². The predicted octanol–water partition coefficient (Wildman–Crippen LogP) is 2.24. The van der Waals surface area contributed by atoms with E-state index in [0.29, 0.717) is 6.61 Å². The van der Waals surface area contributed by atoms with Gasteiger partial charge in [0, 0.05) is 17.1 Å². The Morgan fingerprint density at radius 1 is 1.30 bits per heavy atom. The number of carbonyl (C=O) groups is 1. The van der Waals surface area contributed by atoms with E-state index in [0.717, 1.165) is 22.6 Å². The molecular formula is C15H17FN2O2. The van der Waals surface area contributed by atoms with Gasteiger partial charge in [-0.2, -0.15) is 0 Å². The predicted molar refractivity (Wildman–Crippen MR) is 74.1 cm³/mol. The van der Waals surface area contributed by atoms with Gasteiger partial charge in [0.1, 0.15) is 12.4 Å². The zero-order valence-electron chi connectivity index (χ0n) is 11.5. The summed E-state index contributed by atoms with van der Waals surface area (Å²) >= 11 is 0. The van der Waals surface area contributed by atoms with E-state index in [2.05, 4.69) is 0 Å². The van der Waals surface area contributed by atoms with Crippen LogP contribution in [0.1, 0.15) is 17.0 Å². The molecule has 0 aliphatic heterocycles. The van der Waals surface area contributed by atoms with Gasteiger partial charge in [0.05, 0.1) is 6.61 Å². The molecule has 20 heavy (non-hydrogen) atoms. The summed E-state index contributed by atoms with van der Waals surface area (Å²) in [6.07, 6.45) is 0. The highest BCUT2D eigenvalue weighted by molar-refractivity contribution is 5.74. The highest BCUT2D eigenvalue weighted by Crippen LogP contribution is 2.21. The Balaban J connectivity index is 2.24. The van der Waals surface area contributed by atoms with Crippen LogP contribution in [0, 0.1) is 19.7 Å². The molecule has 106 valence electrons. The highest BCUT2D eigenvalue weighted by Gasteiger charge is 2.11. The van der Waals surface area contributed by atoms with E-state index >= 15 is 0 Å². The van der Waals surface area contributed by atoms with Crippen molar-refractivity contribution < 1.29 is 13.9 Å². The molecule has 2 rings (SSSR count). The molecule has 0 unspecified atom stereocenters. The normalized spacial score (nSPS) is 10.8. The minimum Gasteiger partial charge on any atom is -0.368 e. The Kier molecular flexibility index (Phi) is 4.20. The summed E-state index contributed by atoms with van der Waals surface area (Å²) in [4.78, 5) is 10.7. The van der Waals surface area contributed by atoms with Gasteiger partial charge in [-0.05, 0) is 49.7 Å². The Bertz CT molecular complexity index is 618. The first-order valence-corrected chi connectivity index (χ1v) is 6.29. The van der Waals surface area contributed by atoms with Crippen molar-refractivity contribution >= 4 is 5.91 Å². The second-order valence-electron chi connectivity index (χ2n) is 4.67. The van der Waals surface area contributed by atoms with Gasteiger partial charge in [-0.15, -0.1) is 0 Å². The van der Waals surface area contributed by atoms with Crippen molar-refractivity contribution in [1.29, 1.82) is 0 Å². The molecule has 1 aromatic carbocycles. The minimum absolute atomic E-state index is 0.0970. The third kappa shape index (κ3) is 3.05. The van der Waals surface area contributed by atoms with Gasteiger partial charge in [0.15, 0.2) is 0 Å². The van der Waals surface area contributed by atoms with Crippen molar-refractivity contribution in [2.75, 3.05) is 6.61 Å². The molecule has 0 aliphatic rings. The zero-order chi connectivity index (χ0) is 14.7. The first-order valence-electron chi connectivity index (χ1n) is 6.29. The molecule has 0 fully saturated rings. The summed E-state index contributed by atoms with van der Waals surface area (Å²) in [5.41, 5.74) is 8.92. The second-order valence-corrected chi connectivity index (χ2v) is 4.67. The number of nitrogens with zero attached hydrogens (tertiary/aromatic N) is 1. The fraction of sp³-hybridized carbons (Fsp3) is 0.267. The maximum Gasteiger partial charge on any atom is 0.243 e. The molecule has 0 aliphatic carbocycles. The first kappa shape index (κ1) is 14.3. The fourth-order valence-electron chi connectivity index (χ4n) is 2.22. The third-order valence-electron chi connectivity index (χ3n) is 3.12. The van der Waals surface area contributed by atoms with Crippen molar-refractivity contribution in [1.82, 2.24) is 4.57 Å². The summed E-state index contributed by atoms with van der Waals surface area (Å²) in [6, 6.07) is 8.29. The summed E-state index contributed by atoms with van der Waals surface area (Å²) in [6.45, 7) is 4.15. The van der Waals surface area contributed by atoms with E-state index in [4.69, 9.17) is 10.5 Å². The lowest BCUT2D eigenvalue weighted by atomic mass is 10.2. The lowest BCUT2D eigenvalue weighted by Gasteiger charge is -2.10. The molecule has 0 atom stereocenters. The maximum absolute atomic E-state index is 13.0. The first-order chi connectivity index (χ1) is 9.49. The zero-order valence-corrected chi connectivity index (χ0v) is 11.5. The number of benzene rings is 1. The van der Waals surface area contributed by atoms with Gasteiger partial charge < -0.3 is 15.0 Å². The molecule has 1 heterocycles. The average Bonchev–Trinajstić information content (AvgIpc) is 2.66. The van der Waals surface area contributed by atoms with Gasteiger partial charge >= 0.3 is 0 Å². The fourth-order valence-corrected chi connectivity index (χ4v) is 2.22. The molecule has 0 saturated heterocycles. The number of rotatable bonds is 5. The molecule has 1 aromatic heterocycles. The Hall–Kier alpha value is -2.14. The van der Waals surface area contributed by atoms with Gasteiger partial charge in [0.25, 0.3) is 0 Å². The third-order valence-corrected chi connectivity index (χ3v) is 3.12. The molecule has 0 saturated carbocycles. The Labute approximate surface area is 117 Å². The van der Waals surface area contributed by atoms with Crippen molar-refractivity contribution in [3.05, 3.63) is 53.1 Å². The smallest absolute Gasteiger partial charge is 0.243 e. The monoisotopic (exact) mass is 276 g/mol. The van der Waals surface area contributed by atoms with E-state index in [9.17, 15) is 9.18 Å². The molecule has 0 radical (unpaired) electrons. The van der Waals surface area contributed by atoms with Gasteiger partial charge in [-0.25, -0.2) is 4.39 Å². The molecule has 5 heteroatoms. The molecule has 2 N–H and O–H groups in total. The molecule has 4 nitrogen and oxygen atoms in total. The molecule has 1 amide bonds. The SMILES string of the molecule is Cc1cc(COCC(N)=O)c(C)n1-c1ccc(F)cc1. The van der Waals surface area contributed by atoms with Crippen molar-refractivity contribution in [3.8, 4) is 5.69 Å². The summed E-state index contributed by atoms with van der Waals surface area (Å²) < 4.78 is 20.2. The van der Waals surface area contributed by atoms with Crippen molar-refractivity contribution in [3.63, 3.8) is 0 Å². The summed E-state index contributed by atoms with van der Waals surface area (Å²) in [7, 11) is 0. The number of hydrogen-bond donors (Lipinski definition) is 1. The Morgan fingerprint density at radius 2 is 1.95 bits per heavy atom. The number of aryl methyl sites for hydroxylation is 1. The highest BCUT2D eigenvalue weighted by atomic mass is 19.1. The lowest BCUT2D eigenvalue weighted by molar-refractivity contribution is -0.122. The van der Waals surface area contributed by atoms with Crippen molar-refractivity contribution in [2.24, 2.45) is 5.73 Å². The quantitative estimate of drug-likeness (QED) is 0.910. The van der Waals surface area contributed by atoms with Gasteiger partial charge in [0.2, 0.25) is 5.91 Å². The van der Waals surface area contributed by atoms with E-state index < -0.39 is 5.91 Å². The number of nitrogens with two attached hydrogens (primary N) is 1. The van der Waals surface area contributed by atoms with Crippen LogP contribution >= 0.6 is 0 Å². The number of aromatic nitrogens is 1. The minimum atomic E-state index is -0.489. The maximum atomic E-state index is 13.0. The van der Waals surface area contributed by atoms with Crippen LogP contribution in [0.3, 0.4) is 0 Å². The molecule has 0 spiro atoms. The van der Waals surface area contributed by atoms with Crippen LogP contribution in [0.5, 0.6) is 0 Å². The van der Waals surface area contributed by atoms with Crippen LogP contribution in [0.25, 0.3) is 5.69 Å². The van der Waals surface area contributed by atoms with Gasteiger partial charge in [-0.3, -0.25) is 4.79 Å². The van der Waals surface area contributed by atoms with Gasteiger partial charge in [-0.1, -0.05) is 0 Å². The van der Waals surface area contributed by atoms with Crippen LogP contribution < -0.4 is 5.73 Å². The van der Waals surface area contributed by atoms with Crippen LogP contribution in [0.4, 0.5) is 4.39 Å². The summed E-state index contributed by atoms with van der Waals surface area (Å²) in [5, 5.41) is 0. The van der Waals surface area contributed by atoms with Crippen LogP contribution in [0.15, 0.2) is 30.3 Å². The van der Waals surface area contributed by atoms with E-state index in [1.807, 2.05) is 24.5 Å². The van der Waals surface area contributed by atoms with E-state index in [1.165, 1.54) is 12.1 Å². The van der Waals surface area contributed by atoms with Crippen molar-refractivity contribution in [2.45, 2.75) is 20.5 Å².